The van der Waals surface area contributed by atoms with Crippen LogP contribution in [0.1, 0.15) is 0 Å². The number of nitrogens with zero attached hydrogens (tertiary/aromatic N) is 4. The van der Waals surface area contributed by atoms with Crippen molar-refractivity contribution >= 4 is 22.5 Å². The van der Waals surface area contributed by atoms with Crippen molar-refractivity contribution in [3.8, 4) is 22.4 Å². The summed E-state index contributed by atoms with van der Waals surface area (Å²) in [5.41, 5.74) is 9.66. The van der Waals surface area contributed by atoms with Crippen molar-refractivity contribution in [3.05, 3.63) is 66.5 Å². The summed E-state index contributed by atoms with van der Waals surface area (Å²) in [7, 11) is 3.90. The summed E-state index contributed by atoms with van der Waals surface area (Å²) in [5, 5.41) is 0.524. The summed E-state index contributed by atoms with van der Waals surface area (Å²) < 4.78 is 27.7. The standard InChI is InChI=1S/C21H17F2N5/c1-28(2)16-5-3-12(4-6-16)19-17(13-7-14(22)9-15(23)8-13)10-18-20(24)25-11-26-21(18)27-19/h3-11H,1-2H3,(H2,24,25,26,27). The third-order valence-corrected chi connectivity index (χ3v) is 4.49. The predicted octanol–water partition coefficient (Wildman–Crippen LogP) is 4.29. The molecular formula is C21H17F2N5. The Morgan fingerprint density at radius 2 is 1.54 bits per heavy atom. The lowest BCUT2D eigenvalue weighted by Gasteiger charge is -2.15. The number of rotatable bonds is 3. The zero-order valence-corrected chi connectivity index (χ0v) is 15.3. The molecule has 4 aromatic rings. The molecule has 0 radical (unpaired) electrons. The highest BCUT2D eigenvalue weighted by atomic mass is 19.1. The maximum absolute atomic E-state index is 13.9. The molecule has 7 heteroatoms. The Balaban J connectivity index is 2.00. The summed E-state index contributed by atoms with van der Waals surface area (Å²) in [6, 6.07) is 12.8. The van der Waals surface area contributed by atoms with Gasteiger partial charge in [-0.3, -0.25) is 0 Å². The maximum Gasteiger partial charge on any atom is 0.165 e. The molecule has 0 aliphatic rings. The molecule has 4 rings (SSSR count). The van der Waals surface area contributed by atoms with Gasteiger partial charge in [-0.2, -0.15) is 0 Å². The van der Waals surface area contributed by atoms with Gasteiger partial charge in [0.05, 0.1) is 11.1 Å². The fourth-order valence-electron chi connectivity index (χ4n) is 3.07. The van der Waals surface area contributed by atoms with Gasteiger partial charge in [-0.25, -0.2) is 23.7 Å². The fourth-order valence-corrected chi connectivity index (χ4v) is 3.07. The van der Waals surface area contributed by atoms with Crippen molar-refractivity contribution in [2.24, 2.45) is 0 Å². The first-order valence-corrected chi connectivity index (χ1v) is 8.58. The quantitative estimate of drug-likeness (QED) is 0.577. The topological polar surface area (TPSA) is 67.9 Å². The number of aromatic nitrogens is 3. The molecule has 0 atom stereocenters. The van der Waals surface area contributed by atoms with Gasteiger partial charge in [0.15, 0.2) is 5.65 Å². The zero-order valence-electron chi connectivity index (χ0n) is 15.3. The van der Waals surface area contributed by atoms with Gasteiger partial charge in [-0.15, -0.1) is 0 Å². The lowest BCUT2D eigenvalue weighted by molar-refractivity contribution is 0.584. The molecular weight excluding hydrogens is 360 g/mol. The molecule has 0 saturated heterocycles. The van der Waals surface area contributed by atoms with E-state index in [-0.39, 0.29) is 5.82 Å². The van der Waals surface area contributed by atoms with Crippen LogP contribution in [0.5, 0.6) is 0 Å². The number of fused-ring (bicyclic) bond motifs is 1. The molecule has 0 bridgehead atoms. The van der Waals surface area contributed by atoms with Crippen molar-refractivity contribution in [3.63, 3.8) is 0 Å². The molecule has 2 aromatic carbocycles. The lowest BCUT2D eigenvalue weighted by Crippen LogP contribution is -2.08. The number of benzene rings is 2. The molecule has 0 saturated carbocycles. The van der Waals surface area contributed by atoms with Crippen LogP contribution in [0.3, 0.4) is 0 Å². The second-order valence-electron chi connectivity index (χ2n) is 6.61. The van der Waals surface area contributed by atoms with E-state index in [9.17, 15) is 8.78 Å². The van der Waals surface area contributed by atoms with Crippen LogP contribution in [-0.4, -0.2) is 29.0 Å². The molecule has 0 aliphatic carbocycles. The lowest BCUT2D eigenvalue weighted by atomic mass is 9.97. The van der Waals surface area contributed by atoms with Crippen molar-refractivity contribution < 1.29 is 8.78 Å². The number of nitrogen functional groups attached to an aromatic ring is 1. The molecule has 140 valence electrons. The van der Waals surface area contributed by atoms with Crippen molar-refractivity contribution in [2.75, 3.05) is 24.7 Å². The van der Waals surface area contributed by atoms with Gasteiger partial charge in [0.1, 0.15) is 23.8 Å². The van der Waals surface area contributed by atoms with Crippen LogP contribution in [0.25, 0.3) is 33.4 Å². The van der Waals surface area contributed by atoms with E-state index in [4.69, 9.17) is 5.73 Å². The predicted molar refractivity (Wildman–Crippen MR) is 107 cm³/mol. The second-order valence-corrected chi connectivity index (χ2v) is 6.61. The first kappa shape index (κ1) is 17.8. The zero-order chi connectivity index (χ0) is 19.8. The fraction of sp³-hybridized carbons (Fsp3) is 0.0952. The first-order valence-electron chi connectivity index (χ1n) is 8.58. The Labute approximate surface area is 160 Å². The van der Waals surface area contributed by atoms with Crippen molar-refractivity contribution in [1.29, 1.82) is 0 Å². The summed E-state index contributed by atoms with van der Waals surface area (Å²) in [6.07, 6.45) is 1.34. The number of hydrogen-bond donors (Lipinski definition) is 1. The highest BCUT2D eigenvalue weighted by molar-refractivity contribution is 5.94. The van der Waals surface area contributed by atoms with Gasteiger partial charge >= 0.3 is 0 Å². The SMILES string of the molecule is CN(C)c1ccc(-c2nc3ncnc(N)c3cc2-c2cc(F)cc(F)c2)cc1. The Bertz CT molecular complexity index is 1150. The number of hydrogen-bond acceptors (Lipinski definition) is 5. The number of halogens is 2. The largest absolute Gasteiger partial charge is 0.383 e. The van der Waals surface area contributed by atoms with Crippen LogP contribution < -0.4 is 10.6 Å². The Morgan fingerprint density at radius 1 is 0.857 bits per heavy atom. The van der Waals surface area contributed by atoms with E-state index in [1.807, 2.05) is 43.3 Å². The minimum Gasteiger partial charge on any atom is -0.383 e. The van der Waals surface area contributed by atoms with Gasteiger partial charge in [0, 0.05) is 37.0 Å². The van der Waals surface area contributed by atoms with Gasteiger partial charge in [-0.05, 0) is 35.9 Å². The molecule has 5 nitrogen and oxygen atoms in total. The minimum atomic E-state index is -0.665. The van der Waals surface area contributed by atoms with Crippen LogP contribution in [0.2, 0.25) is 0 Å². The normalized spacial score (nSPS) is 11.0. The molecule has 0 amide bonds. The van der Waals surface area contributed by atoms with Crippen molar-refractivity contribution in [2.45, 2.75) is 0 Å². The van der Waals surface area contributed by atoms with Gasteiger partial charge < -0.3 is 10.6 Å². The van der Waals surface area contributed by atoms with E-state index >= 15 is 0 Å². The smallest absolute Gasteiger partial charge is 0.165 e. The van der Waals surface area contributed by atoms with Gasteiger partial charge in [-0.1, -0.05) is 12.1 Å². The molecule has 2 N–H and O–H groups in total. The molecule has 0 aliphatic heterocycles. The van der Waals surface area contributed by atoms with Crippen molar-refractivity contribution in [1.82, 2.24) is 15.0 Å². The molecule has 28 heavy (non-hydrogen) atoms. The molecule has 0 fully saturated rings. The highest BCUT2D eigenvalue weighted by Gasteiger charge is 2.15. The summed E-state index contributed by atoms with van der Waals surface area (Å²) in [4.78, 5) is 14.8. The summed E-state index contributed by atoms with van der Waals surface area (Å²) in [6.45, 7) is 0. The van der Waals surface area contributed by atoms with E-state index in [2.05, 4.69) is 15.0 Å². The molecule has 2 aromatic heterocycles. The average Bonchev–Trinajstić information content (AvgIpc) is 2.67. The Morgan fingerprint density at radius 3 is 2.18 bits per heavy atom. The molecule has 0 unspecified atom stereocenters. The molecule has 2 heterocycles. The van der Waals surface area contributed by atoms with E-state index in [0.29, 0.717) is 27.9 Å². The number of nitrogens with two attached hydrogens (primary N) is 1. The highest BCUT2D eigenvalue weighted by Crippen LogP contribution is 2.35. The Hall–Kier alpha value is -3.61. The average molecular weight is 377 g/mol. The van der Waals surface area contributed by atoms with E-state index in [1.165, 1.54) is 18.5 Å². The second kappa shape index (κ2) is 6.84. The van der Waals surface area contributed by atoms with Crippen LogP contribution in [-0.2, 0) is 0 Å². The molecule has 0 spiro atoms. The first-order chi connectivity index (χ1) is 13.4. The Kier molecular flexibility index (Phi) is 4.35. The summed E-state index contributed by atoms with van der Waals surface area (Å²) in [5.74, 6) is -1.08. The van der Waals surface area contributed by atoms with E-state index in [1.54, 1.807) is 6.07 Å². The van der Waals surface area contributed by atoms with E-state index in [0.717, 1.165) is 17.3 Å². The van der Waals surface area contributed by atoms with Gasteiger partial charge in [0.25, 0.3) is 0 Å². The third-order valence-electron chi connectivity index (χ3n) is 4.49. The monoisotopic (exact) mass is 377 g/mol. The summed E-state index contributed by atoms with van der Waals surface area (Å²) >= 11 is 0. The minimum absolute atomic E-state index is 0.255. The van der Waals surface area contributed by atoms with Crippen LogP contribution >= 0.6 is 0 Å². The maximum atomic E-state index is 13.9. The van der Waals surface area contributed by atoms with Gasteiger partial charge in [0.2, 0.25) is 0 Å². The third kappa shape index (κ3) is 3.22. The van der Waals surface area contributed by atoms with E-state index < -0.39 is 11.6 Å². The van der Waals surface area contributed by atoms with Crippen LogP contribution in [0.15, 0.2) is 54.9 Å². The number of pyridine rings is 1. The van der Waals surface area contributed by atoms with Crippen LogP contribution in [0.4, 0.5) is 20.3 Å². The number of anilines is 2. The van der Waals surface area contributed by atoms with Crippen LogP contribution in [0, 0.1) is 11.6 Å².